The fourth-order valence-electron chi connectivity index (χ4n) is 2.43. The van der Waals surface area contributed by atoms with Gasteiger partial charge in [0.2, 0.25) is 0 Å². The van der Waals surface area contributed by atoms with Gasteiger partial charge in [-0.05, 0) is 25.7 Å². The van der Waals surface area contributed by atoms with Crippen molar-refractivity contribution in [3.63, 3.8) is 0 Å². The van der Waals surface area contributed by atoms with Gasteiger partial charge in [0, 0.05) is 6.26 Å². The van der Waals surface area contributed by atoms with Gasteiger partial charge in [-0.1, -0.05) is 50.2 Å². The highest BCUT2D eigenvalue weighted by atomic mass is 32.2. The normalized spacial score (nSPS) is 24.2. The van der Waals surface area contributed by atoms with E-state index in [1.54, 1.807) is 0 Å². The molecule has 0 N–H and O–H groups in total. The molecule has 0 aliphatic heterocycles. The van der Waals surface area contributed by atoms with Crippen LogP contribution in [-0.4, -0.2) is 20.4 Å². The first-order valence-corrected chi connectivity index (χ1v) is 8.99. The summed E-state index contributed by atoms with van der Waals surface area (Å²) in [7, 11) is -2.86. The molecule has 0 bridgehead atoms. The summed E-state index contributed by atoms with van der Waals surface area (Å²) < 4.78 is 22.7. The van der Waals surface area contributed by atoms with Crippen LogP contribution in [0.25, 0.3) is 0 Å². The number of hydrogen-bond donors (Lipinski definition) is 0. The van der Waals surface area contributed by atoms with Gasteiger partial charge in [-0.2, -0.15) is 0 Å². The largest absolute Gasteiger partial charge is 0.229 e. The van der Waals surface area contributed by atoms with E-state index in [9.17, 15) is 8.42 Å². The fourth-order valence-corrected chi connectivity index (χ4v) is 3.37. The predicted octanol–water partition coefficient (Wildman–Crippen LogP) is 3.87. The highest BCUT2D eigenvalue weighted by molar-refractivity contribution is 7.90. The van der Waals surface area contributed by atoms with Gasteiger partial charge in [0.25, 0.3) is 0 Å². The Balaban J connectivity index is 2.50. The molecular weight excluding hydrogens is 232 g/mol. The zero-order valence-corrected chi connectivity index (χ0v) is 11.9. The summed E-state index contributed by atoms with van der Waals surface area (Å²) >= 11 is 0. The van der Waals surface area contributed by atoms with Crippen LogP contribution in [0.5, 0.6) is 0 Å². The summed E-state index contributed by atoms with van der Waals surface area (Å²) in [5, 5.41) is 0. The predicted molar refractivity (Wildman–Crippen MR) is 74.0 cm³/mol. The smallest absolute Gasteiger partial charge is 0.151 e. The average molecular weight is 258 g/mol. The Bertz CT molecular complexity index is 328. The summed E-state index contributed by atoms with van der Waals surface area (Å²) in [5.41, 5.74) is 1.15. The molecule has 0 aromatic rings. The number of sulfone groups is 1. The summed E-state index contributed by atoms with van der Waals surface area (Å²) in [5.74, 6) is 0.271. The van der Waals surface area contributed by atoms with E-state index < -0.39 is 9.84 Å². The van der Waals surface area contributed by atoms with Crippen LogP contribution in [0, 0.1) is 0 Å². The van der Waals surface area contributed by atoms with Crippen molar-refractivity contribution in [3.05, 3.63) is 11.6 Å². The van der Waals surface area contributed by atoms with Crippen molar-refractivity contribution in [2.75, 3.05) is 12.0 Å². The van der Waals surface area contributed by atoms with Crippen LogP contribution in [0.2, 0.25) is 0 Å². The highest BCUT2D eigenvalue weighted by Gasteiger charge is 2.07. The molecule has 0 saturated heterocycles. The van der Waals surface area contributed by atoms with E-state index >= 15 is 0 Å². The molecule has 0 fully saturated rings. The Labute approximate surface area is 106 Å². The minimum atomic E-state index is -2.86. The molecule has 17 heavy (non-hydrogen) atoms. The van der Waals surface area contributed by atoms with Crippen molar-refractivity contribution in [3.8, 4) is 0 Å². The third-order valence-electron chi connectivity index (χ3n) is 3.33. The van der Waals surface area contributed by atoms with E-state index in [4.69, 9.17) is 0 Å². The van der Waals surface area contributed by atoms with Crippen molar-refractivity contribution in [1.29, 1.82) is 0 Å². The van der Waals surface area contributed by atoms with Crippen molar-refractivity contribution >= 4 is 9.84 Å². The van der Waals surface area contributed by atoms with Gasteiger partial charge >= 0.3 is 0 Å². The summed E-state index contributed by atoms with van der Waals surface area (Å²) in [6.07, 6.45) is 15.9. The zero-order valence-electron chi connectivity index (χ0n) is 11.1. The Morgan fingerprint density at radius 2 is 1.47 bits per heavy atom. The monoisotopic (exact) mass is 258 g/mol. The minimum absolute atomic E-state index is 0.271. The lowest BCUT2D eigenvalue weighted by atomic mass is 10.0. The number of rotatable bonds is 2. The molecule has 0 atom stereocenters. The summed E-state index contributed by atoms with van der Waals surface area (Å²) in [6, 6.07) is 0. The molecule has 1 aliphatic carbocycles. The lowest BCUT2D eigenvalue weighted by molar-refractivity contribution is 0.561. The third kappa shape index (κ3) is 8.42. The Morgan fingerprint density at radius 3 is 2.06 bits per heavy atom. The molecular formula is C14H26O2S. The molecule has 0 amide bonds. The standard InChI is InChI=1S/C14H26O2S/c1-17(15,16)13-14-11-9-7-5-3-2-4-6-8-10-12-14/h11H,2-10,12-13H2,1H3/b14-11+. The maximum atomic E-state index is 11.3. The molecule has 3 heteroatoms. The molecule has 0 unspecified atom stereocenters. The lowest BCUT2D eigenvalue weighted by Gasteiger charge is -2.09. The molecule has 0 saturated carbocycles. The first-order chi connectivity index (χ1) is 8.08. The lowest BCUT2D eigenvalue weighted by Crippen LogP contribution is -2.06. The molecule has 0 heterocycles. The Morgan fingerprint density at radius 1 is 0.941 bits per heavy atom. The fraction of sp³-hybridized carbons (Fsp3) is 0.857. The van der Waals surface area contributed by atoms with Gasteiger partial charge in [-0.15, -0.1) is 0 Å². The van der Waals surface area contributed by atoms with Crippen molar-refractivity contribution in [1.82, 2.24) is 0 Å². The van der Waals surface area contributed by atoms with Gasteiger partial charge in [0.1, 0.15) is 0 Å². The minimum Gasteiger partial charge on any atom is -0.229 e. The summed E-state index contributed by atoms with van der Waals surface area (Å²) in [4.78, 5) is 0. The zero-order chi connectivity index (χ0) is 12.6. The topological polar surface area (TPSA) is 34.1 Å². The third-order valence-corrected chi connectivity index (χ3v) is 4.23. The highest BCUT2D eigenvalue weighted by Crippen LogP contribution is 2.17. The van der Waals surface area contributed by atoms with Gasteiger partial charge < -0.3 is 0 Å². The van der Waals surface area contributed by atoms with Crippen LogP contribution in [0.3, 0.4) is 0 Å². The molecule has 2 nitrogen and oxygen atoms in total. The second-order valence-corrected chi connectivity index (χ2v) is 7.44. The van der Waals surface area contributed by atoms with Gasteiger partial charge in [0.15, 0.2) is 9.84 Å². The van der Waals surface area contributed by atoms with E-state index in [2.05, 4.69) is 6.08 Å². The van der Waals surface area contributed by atoms with Crippen molar-refractivity contribution in [2.24, 2.45) is 0 Å². The van der Waals surface area contributed by atoms with E-state index in [0.29, 0.717) is 0 Å². The molecule has 100 valence electrons. The van der Waals surface area contributed by atoms with E-state index in [0.717, 1.165) is 24.8 Å². The van der Waals surface area contributed by atoms with Crippen LogP contribution >= 0.6 is 0 Å². The van der Waals surface area contributed by atoms with Crippen LogP contribution < -0.4 is 0 Å². The first kappa shape index (κ1) is 14.7. The summed E-state index contributed by atoms with van der Waals surface area (Å²) in [6.45, 7) is 0. The van der Waals surface area contributed by atoms with E-state index in [1.807, 2.05) is 0 Å². The van der Waals surface area contributed by atoms with E-state index in [1.165, 1.54) is 51.2 Å². The Kier molecular flexibility index (Phi) is 6.86. The van der Waals surface area contributed by atoms with Gasteiger partial charge in [-0.3, -0.25) is 0 Å². The van der Waals surface area contributed by atoms with Gasteiger partial charge in [-0.25, -0.2) is 8.42 Å². The second kappa shape index (κ2) is 7.91. The Hall–Kier alpha value is -0.310. The number of hydrogen-bond acceptors (Lipinski definition) is 2. The van der Waals surface area contributed by atoms with Crippen LogP contribution in [0.15, 0.2) is 11.6 Å². The SMILES string of the molecule is CS(=O)(=O)C/C1=C/CCCCCCCCCC1. The average Bonchev–Trinajstić information content (AvgIpc) is 2.20. The van der Waals surface area contributed by atoms with Crippen molar-refractivity contribution < 1.29 is 8.42 Å². The van der Waals surface area contributed by atoms with E-state index in [-0.39, 0.29) is 5.75 Å². The first-order valence-electron chi connectivity index (χ1n) is 6.93. The number of allylic oxidation sites excluding steroid dienone is 1. The maximum absolute atomic E-state index is 11.3. The van der Waals surface area contributed by atoms with Crippen LogP contribution in [0.4, 0.5) is 0 Å². The van der Waals surface area contributed by atoms with Crippen LogP contribution in [-0.2, 0) is 9.84 Å². The molecule has 0 aromatic carbocycles. The molecule has 1 aliphatic rings. The quantitative estimate of drug-likeness (QED) is 0.705. The molecule has 0 radical (unpaired) electrons. The van der Waals surface area contributed by atoms with Gasteiger partial charge in [0.05, 0.1) is 5.75 Å². The van der Waals surface area contributed by atoms with Crippen molar-refractivity contribution in [2.45, 2.75) is 64.2 Å². The molecule has 0 aromatic heterocycles. The molecule has 1 rings (SSSR count). The maximum Gasteiger partial charge on any atom is 0.151 e. The molecule has 0 spiro atoms. The second-order valence-electron chi connectivity index (χ2n) is 5.30. The van der Waals surface area contributed by atoms with Crippen LogP contribution in [0.1, 0.15) is 64.2 Å².